The van der Waals surface area contributed by atoms with Gasteiger partial charge in [-0.2, -0.15) is 8.42 Å². The van der Waals surface area contributed by atoms with Gasteiger partial charge in [-0.3, -0.25) is 9.12 Å². The van der Waals surface area contributed by atoms with Crippen molar-refractivity contribution >= 4 is 18.0 Å². The molecule has 0 aliphatic rings. The third-order valence-electron chi connectivity index (χ3n) is 0.916. The van der Waals surface area contributed by atoms with Crippen molar-refractivity contribution < 1.29 is 30.8 Å². The fourth-order valence-electron chi connectivity index (χ4n) is 0.311. The highest BCUT2D eigenvalue weighted by molar-refractivity contribution is 7.81. The second-order valence-electron chi connectivity index (χ2n) is 1.65. The summed E-state index contributed by atoms with van der Waals surface area (Å²) < 4.78 is 51.6. The van der Waals surface area contributed by atoms with Crippen LogP contribution in [0.2, 0.25) is 0 Å². The monoisotopic (exact) mass is 220 g/mol. The molecule has 74 valence electrons. The highest BCUT2D eigenvalue weighted by Gasteiger charge is 2.24. The van der Waals surface area contributed by atoms with Crippen LogP contribution in [0.5, 0.6) is 0 Å². The van der Waals surface area contributed by atoms with Crippen molar-refractivity contribution in [2.75, 3.05) is 20.6 Å². The van der Waals surface area contributed by atoms with Gasteiger partial charge >= 0.3 is 18.0 Å². The summed E-state index contributed by atoms with van der Waals surface area (Å²) in [5.74, 6) is 0. The Morgan fingerprint density at radius 2 is 1.75 bits per heavy atom. The molecule has 0 spiro atoms. The molecule has 0 aromatic carbocycles. The summed E-state index contributed by atoms with van der Waals surface area (Å²) in [5, 5.41) is 0. The van der Waals surface area contributed by atoms with E-state index in [1.165, 1.54) is 0 Å². The molecule has 9 heteroatoms. The summed E-state index contributed by atoms with van der Waals surface area (Å²) in [5.41, 5.74) is 0. The standard InChI is InChI=1S/C3H9O7PS/c1-8-11(4,9-2)3-10-12(5,6)7/h3H2,1-2H3,(H,5,6,7). The van der Waals surface area contributed by atoms with E-state index in [1.807, 2.05) is 0 Å². The fourth-order valence-corrected chi connectivity index (χ4v) is 1.72. The number of rotatable bonds is 5. The van der Waals surface area contributed by atoms with Crippen LogP contribution in [-0.4, -0.2) is 33.5 Å². The Morgan fingerprint density at radius 3 is 2.00 bits per heavy atom. The second kappa shape index (κ2) is 4.31. The van der Waals surface area contributed by atoms with Crippen LogP contribution in [0.4, 0.5) is 0 Å². The molecule has 0 radical (unpaired) electrons. The van der Waals surface area contributed by atoms with E-state index in [4.69, 9.17) is 4.55 Å². The minimum absolute atomic E-state index is 0.848. The molecule has 7 nitrogen and oxygen atoms in total. The Balaban J connectivity index is 4.17. The molecule has 0 amide bonds. The quantitative estimate of drug-likeness (QED) is 0.523. The van der Waals surface area contributed by atoms with Gasteiger partial charge in [-0.15, -0.1) is 0 Å². The van der Waals surface area contributed by atoms with Crippen LogP contribution in [0, 0.1) is 0 Å². The van der Waals surface area contributed by atoms with E-state index in [0.29, 0.717) is 0 Å². The van der Waals surface area contributed by atoms with Crippen molar-refractivity contribution in [2.24, 2.45) is 0 Å². The van der Waals surface area contributed by atoms with Crippen molar-refractivity contribution in [2.45, 2.75) is 0 Å². The molecular formula is C3H9O7PS. The van der Waals surface area contributed by atoms with E-state index in [1.54, 1.807) is 0 Å². The maximum atomic E-state index is 11.1. The Labute approximate surface area is 70.1 Å². The molecule has 0 unspecified atom stereocenters. The molecule has 0 saturated heterocycles. The molecular weight excluding hydrogens is 211 g/mol. The Kier molecular flexibility index (Phi) is 4.32. The summed E-state index contributed by atoms with van der Waals surface area (Å²) in [6.45, 7) is 0. The first-order valence-corrected chi connectivity index (χ1v) is 5.74. The summed E-state index contributed by atoms with van der Waals surface area (Å²) in [6, 6.07) is 0. The van der Waals surface area contributed by atoms with E-state index < -0.39 is 24.3 Å². The van der Waals surface area contributed by atoms with Gasteiger partial charge in [0, 0.05) is 14.2 Å². The molecule has 0 aromatic heterocycles. The zero-order valence-electron chi connectivity index (χ0n) is 6.46. The zero-order valence-corrected chi connectivity index (χ0v) is 8.17. The van der Waals surface area contributed by atoms with Crippen LogP contribution in [0.25, 0.3) is 0 Å². The summed E-state index contributed by atoms with van der Waals surface area (Å²) >= 11 is 0. The largest absolute Gasteiger partial charge is 0.397 e. The fraction of sp³-hybridized carbons (Fsp3) is 1.00. The highest BCUT2D eigenvalue weighted by Crippen LogP contribution is 2.46. The average molecular weight is 220 g/mol. The van der Waals surface area contributed by atoms with E-state index in [0.717, 1.165) is 14.2 Å². The average Bonchev–Trinajstić information content (AvgIpc) is 1.99. The molecule has 0 fully saturated rings. The number of hydrogen-bond donors (Lipinski definition) is 1. The molecule has 0 bridgehead atoms. The summed E-state index contributed by atoms with van der Waals surface area (Å²) in [4.78, 5) is 0. The van der Waals surface area contributed by atoms with Crippen LogP contribution >= 0.6 is 7.60 Å². The lowest BCUT2D eigenvalue weighted by molar-refractivity contribution is 0.229. The van der Waals surface area contributed by atoms with E-state index >= 15 is 0 Å². The van der Waals surface area contributed by atoms with Gasteiger partial charge in [-0.25, -0.2) is 4.18 Å². The molecule has 0 saturated carbocycles. The lowest BCUT2D eigenvalue weighted by Gasteiger charge is -2.11. The normalized spacial score (nSPS) is 13.2. The first kappa shape index (κ1) is 12.0. The number of hydrogen-bond acceptors (Lipinski definition) is 6. The van der Waals surface area contributed by atoms with E-state index in [2.05, 4.69) is 13.2 Å². The predicted molar refractivity (Wildman–Crippen MR) is 39.1 cm³/mol. The SMILES string of the molecule is COP(=O)(COS(=O)(=O)O)OC. The van der Waals surface area contributed by atoms with Gasteiger partial charge in [0.05, 0.1) is 0 Å². The van der Waals surface area contributed by atoms with Gasteiger partial charge in [0.1, 0.15) is 0 Å². The topological polar surface area (TPSA) is 99.1 Å². The minimum Gasteiger partial charge on any atom is -0.310 e. The lowest BCUT2D eigenvalue weighted by atomic mass is 11.7. The van der Waals surface area contributed by atoms with Crippen LogP contribution < -0.4 is 0 Å². The van der Waals surface area contributed by atoms with Crippen LogP contribution in [0.15, 0.2) is 0 Å². The maximum Gasteiger partial charge on any atom is 0.397 e. The van der Waals surface area contributed by atoms with Crippen molar-refractivity contribution in [3.05, 3.63) is 0 Å². The third-order valence-corrected chi connectivity index (χ3v) is 3.06. The van der Waals surface area contributed by atoms with Gasteiger partial charge in [0.15, 0.2) is 6.35 Å². The molecule has 0 rings (SSSR count). The second-order valence-corrected chi connectivity index (χ2v) is 4.95. The molecule has 0 aliphatic heterocycles. The molecule has 0 atom stereocenters. The molecule has 1 N–H and O–H groups in total. The summed E-state index contributed by atoms with van der Waals surface area (Å²) in [7, 11) is -6.01. The van der Waals surface area contributed by atoms with Crippen molar-refractivity contribution in [3.8, 4) is 0 Å². The van der Waals surface area contributed by atoms with Crippen LogP contribution in [-0.2, 0) is 28.2 Å². The first-order chi connectivity index (χ1) is 5.33. The van der Waals surface area contributed by atoms with Gasteiger partial charge in [-0.1, -0.05) is 0 Å². The molecule has 0 heterocycles. The van der Waals surface area contributed by atoms with Gasteiger partial charge < -0.3 is 9.05 Å². The van der Waals surface area contributed by atoms with E-state index in [-0.39, 0.29) is 0 Å². The van der Waals surface area contributed by atoms with Crippen molar-refractivity contribution in [1.82, 2.24) is 0 Å². The molecule has 12 heavy (non-hydrogen) atoms. The zero-order chi connectivity index (χ0) is 9.83. The van der Waals surface area contributed by atoms with Crippen molar-refractivity contribution in [3.63, 3.8) is 0 Å². The Morgan fingerprint density at radius 1 is 1.33 bits per heavy atom. The van der Waals surface area contributed by atoms with Gasteiger partial charge in [0.25, 0.3) is 0 Å². The maximum absolute atomic E-state index is 11.1. The molecule has 0 aliphatic carbocycles. The van der Waals surface area contributed by atoms with Crippen LogP contribution in [0.3, 0.4) is 0 Å². The Bertz CT molecular complexity index is 260. The Hall–Kier alpha value is 0.0200. The minimum atomic E-state index is -4.61. The predicted octanol–water partition coefficient (Wildman–Crippen LogP) is 0.249. The molecule has 0 aromatic rings. The van der Waals surface area contributed by atoms with Gasteiger partial charge in [0.2, 0.25) is 0 Å². The van der Waals surface area contributed by atoms with Gasteiger partial charge in [-0.05, 0) is 0 Å². The lowest BCUT2D eigenvalue weighted by Crippen LogP contribution is -2.06. The third kappa shape index (κ3) is 4.81. The highest BCUT2D eigenvalue weighted by atomic mass is 32.3. The smallest absolute Gasteiger partial charge is 0.310 e. The summed E-state index contributed by atoms with van der Waals surface area (Å²) in [6.07, 6.45) is -0.848. The van der Waals surface area contributed by atoms with Crippen molar-refractivity contribution in [1.29, 1.82) is 0 Å². The van der Waals surface area contributed by atoms with Crippen LogP contribution in [0.1, 0.15) is 0 Å². The van der Waals surface area contributed by atoms with E-state index in [9.17, 15) is 13.0 Å². The first-order valence-electron chi connectivity index (χ1n) is 2.65.